The number of amides is 1. The Labute approximate surface area is 142 Å². The molecule has 0 bridgehead atoms. The topological polar surface area (TPSA) is 59.5 Å². The van der Waals surface area contributed by atoms with Gasteiger partial charge in [-0.1, -0.05) is 43.3 Å². The van der Waals surface area contributed by atoms with Crippen molar-refractivity contribution in [3.8, 4) is 0 Å². The molecular formula is C19H22N2O3. The average Bonchev–Trinajstić information content (AvgIpc) is 2.60. The number of nitrogens with zero attached hydrogens (tertiary/aromatic N) is 2. The molecule has 1 aromatic heterocycles. The van der Waals surface area contributed by atoms with Crippen molar-refractivity contribution in [3.63, 3.8) is 0 Å². The van der Waals surface area contributed by atoms with Crippen molar-refractivity contribution in [3.05, 3.63) is 65.5 Å². The standard InChI is InChI=1S/C19H22N2O3/c1-14(19(23)24-3)12-21(13-16-9-5-4-6-10-16)18(22)17-11-7-8-15(2)20-17/h4-11,14H,12-13H2,1-3H3/t14-/m1/s1. The number of aryl methyl sites for hydroxylation is 1. The molecule has 0 saturated heterocycles. The Morgan fingerprint density at radius 2 is 1.83 bits per heavy atom. The van der Waals surface area contributed by atoms with Crippen LogP contribution in [-0.4, -0.2) is 35.4 Å². The fraction of sp³-hybridized carbons (Fsp3) is 0.316. The van der Waals surface area contributed by atoms with Gasteiger partial charge in [-0.3, -0.25) is 9.59 Å². The van der Waals surface area contributed by atoms with Crippen LogP contribution in [-0.2, 0) is 16.1 Å². The van der Waals surface area contributed by atoms with Gasteiger partial charge in [0.25, 0.3) is 5.91 Å². The number of hydrogen-bond donors (Lipinski definition) is 0. The number of carbonyl (C=O) groups excluding carboxylic acids is 2. The van der Waals surface area contributed by atoms with E-state index in [1.165, 1.54) is 7.11 Å². The lowest BCUT2D eigenvalue weighted by Gasteiger charge is -2.25. The largest absolute Gasteiger partial charge is 0.469 e. The molecule has 0 aliphatic rings. The third-order valence-corrected chi connectivity index (χ3v) is 3.71. The molecule has 0 unspecified atom stereocenters. The van der Waals surface area contributed by atoms with E-state index in [0.717, 1.165) is 11.3 Å². The minimum atomic E-state index is -0.410. The van der Waals surface area contributed by atoms with Gasteiger partial charge in [0, 0.05) is 18.8 Å². The second kappa shape index (κ2) is 8.24. The van der Waals surface area contributed by atoms with Crippen LogP contribution in [0.1, 0.15) is 28.7 Å². The second-order valence-electron chi connectivity index (χ2n) is 5.76. The molecule has 5 heteroatoms. The molecule has 24 heavy (non-hydrogen) atoms. The molecule has 1 aromatic carbocycles. The average molecular weight is 326 g/mol. The highest BCUT2D eigenvalue weighted by atomic mass is 16.5. The smallest absolute Gasteiger partial charge is 0.310 e. The fourth-order valence-corrected chi connectivity index (χ4v) is 2.45. The lowest BCUT2D eigenvalue weighted by Crippen LogP contribution is -2.37. The maximum Gasteiger partial charge on any atom is 0.310 e. The van der Waals surface area contributed by atoms with Crippen molar-refractivity contribution in [2.24, 2.45) is 5.92 Å². The van der Waals surface area contributed by atoms with Crippen LogP contribution in [0.5, 0.6) is 0 Å². The summed E-state index contributed by atoms with van der Waals surface area (Å²) in [6.45, 7) is 4.28. The summed E-state index contributed by atoms with van der Waals surface area (Å²) in [5, 5.41) is 0. The first-order valence-corrected chi connectivity index (χ1v) is 7.86. The van der Waals surface area contributed by atoms with Crippen molar-refractivity contribution in [2.45, 2.75) is 20.4 Å². The Hall–Kier alpha value is -2.69. The van der Waals surface area contributed by atoms with Crippen molar-refractivity contribution >= 4 is 11.9 Å². The molecule has 5 nitrogen and oxygen atoms in total. The molecule has 0 N–H and O–H groups in total. The number of hydrogen-bond acceptors (Lipinski definition) is 4. The first kappa shape index (κ1) is 17.7. The van der Waals surface area contributed by atoms with Gasteiger partial charge < -0.3 is 9.64 Å². The van der Waals surface area contributed by atoms with Gasteiger partial charge in [-0.05, 0) is 24.6 Å². The van der Waals surface area contributed by atoms with Crippen LogP contribution in [0, 0.1) is 12.8 Å². The Bertz CT molecular complexity index is 701. The van der Waals surface area contributed by atoms with Crippen LogP contribution < -0.4 is 0 Å². The van der Waals surface area contributed by atoms with E-state index in [1.54, 1.807) is 24.0 Å². The summed E-state index contributed by atoms with van der Waals surface area (Å²) in [6, 6.07) is 15.0. The molecule has 126 valence electrons. The SMILES string of the molecule is COC(=O)[C@H](C)CN(Cc1ccccc1)C(=O)c1cccc(C)n1. The summed E-state index contributed by atoms with van der Waals surface area (Å²) in [5.41, 5.74) is 2.15. The zero-order valence-corrected chi connectivity index (χ0v) is 14.2. The van der Waals surface area contributed by atoms with Gasteiger partial charge in [-0.2, -0.15) is 0 Å². The second-order valence-corrected chi connectivity index (χ2v) is 5.76. The highest BCUT2D eigenvalue weighted by Crippen LogP contribution is 2.13. The normalized spacial score (nSPS) is 11.6. The maximum absolute atomic E-state index is 12.9. The van der Waals surface area contributed by atoms with Gasteiger partial charge in [0.2, 0.25) is 0 Å². The minimum Gasteiger partial charge on any atom is -0.469 e. The third-order valence-electron chi connectivity index (χ3n) is 3.71. The number of rotatable bonds is 6. The Balaban J connectivity index is 2.24. The molecule has 1 atom stereocenters. The van der Waals surface area contributed by atoms with Gasteiger partial charge in [-0.25, -0.2) is 4.98 Å². The predicted molar refractivity (Wildman–Crippen MR) is 91.3 cm³/mol. The van der Waals surface area contributed by atoms with Crippen LogP contribution in [0.4, 0.5) is 0 Å². The molecule has 0 radical (unpaired) electrons. The molecular weight excluding hydrogens is 304 g/mol. The van der Waals surface area contributed by atoms with Crippen LogP contribution >= 0.6 is 0 Å². The van der Waals surface area contributed by atoms with Gasteiger partial charge >= 0.3 is 5.97 Å². The molecule has 0 fully saturated rings. The Morgan fingerprint density at radius 3 is 2.46 bits per heavy atom. The summed E-state index contributed by atoms with van der Waals surface area (Å²) >= 11 is 0. The molecule has 1 amide bonds. The lowest BCUT2D eigenvalue weighted by molar-refractivity contribution is -0.145. The van der Waals surface area contributed by atoms with E-state index in [9.17, 15) is 9.59 Å². The summed E-state index contributed by atoms with van der Waals surface area (Å²) in [6.07, 6.45) is 0. The third kappa shape index (κ3) is 4.65. The van der Waals surface area contributed by atoms with E-state index in [0.29, 0.717) is 12.2 Å². The van der Waals surface area contributed by atoms with Crippen LogP contribution in [0.2, 0.25) is 0 Å². The van der Waals surface area contributed by atoms with E-state index in [4.69, 9.17) is 4.74 Å². The van der Waals surface area contributed by atoms with Crippen molar-refractivity contribution in [1.29, 1.82) is 0 Å². The molecule has 0 saturated carbocycles. The first-order chi connectivity index (χ1) is 11.5. The number of methoxy groups -OCH3 is 1. The number of carbonyl (C=O) groups is 2. The Morgan fingerprint density at radius 1 is 1.12 bits per heavy atom. The fourth-order valence-electron chi connectivity index (χ4n) is 2.45. The van der Waals surface area contributed by atoms with Crippen LogP contribution in [0.15, 0.2) is 48.5 Å². The molecule has 1 heterocycles. The van der Waals surface area contributed by atoms with Gasteiger partial charge in [-0.15, -0.1) is 0 Å². The minimum absolute atomic E-state index is 0.196. The zero-order valence-electron chi connectivity index (χ0n) is 14.2. The van der Waals surface area contributed by atoms with Gasteiger partial charge in [0.05, 0.1) is 13.0 Å². The van der Waals surface area contributed by atoms with Gasteiger partial charge in [0.15, 0.2) is 0 Å². The molecule has 0 aliphatic carbocycles. The molecule has 2 aromatic rings. The maximum atomic E-state index is 12.9. The number of pyridine rings is 1. The highest BCUT2D eigenvalue weighted by molar-refractivity contribution is 5.92. The lowest BCUT2D eigenvalue weighted by atomic mass is 10.1. The molecule has 0 aliphatic heterocycles. The first-order valence-electron chi connectivity index (χ1n) is 7.86. The predicted octanol–water partition coefficient (Wildman–Crippen LogP) is 2.84. The molecule has 0 spiro atoms. The number of aromatic nitrogens is 1. The Kier molecular flexibility index (Phi) is 6.07. The van der Waals surface area contributed by atoms with Gasteiger partial charge in [0.1, 0.15) is 5.69 Å². The number of benzene rings is 1. The summed E-state index contributed by atoms with van der Waals surface area (Å²) in [7, 11) is 1.35. The quantitative estimate of drug-likeness (QED) is 0.766. The van der Waals surface area contributed by atoms with Crippen molar-refractivity contribution in [1.82, 2.24) is 9.88 Å². The summed E-state index contributed by atoms with van der Waals surface area (Å²) < 4.78 is 4.78. The van der Waals surface area contributed by atoms with E-state index >= 15 is 0 Å². The van der Waals surface area contributed by atoms with Crippen LogP contribution in [0.25, 0.3) is 0 Å². The number of ether oxygens (including phenoxy) is 1. The zero-order chi connectivity index (χ0) is 17.5. The summed E-state index contributed by atoms with van der Waals surface area (Å²) in [4.78, 5) is 30.5. The van der Waals surface area contributed by atoms with Crippen LogP contribution in [0.3, 0.4) is 0 Å². The van der Waals surface area contributed by atoms with E-state index in [2.05, 4.69) is 4.98 Å². The summed E-state index contributed by atoms with van der Waals surface area (Å²) in [5.74, 6) is -0.941. The molecule has 2 rings (SSSR count). The van der Waals surface area contributed by atoms with E-state index < -0.39 is 5.92 Å². The van der Waals surface area contributed by atoms with Crippen molar-refractivity contribution < 1.29 is 14.3 Å². The van der Waals surface area contributed by atoms with E-state index in [-0.39, 0.29) is 18.4 Å². The van der Waals surface area contributed by atoms with Crippen molar-refractivity contribution in [2.75, 3.05) is 13.7 Å². The van der Waals surface area contributed by atoms with E-state index in [1.807, 2.05) is 43.3 Å². The number of esters is 1. The monoisotopic (exact) mass is 326 g/mol. The highest BCUT2D eigenvalue weighted by Gasteiger charge is 2.23.